The Labute approximate surface area is 98.6 Å². The van der Waals surface area contributed by atoms with E-state index >= 15 is 0 Å². The Morgan fingerprint density at radius 1 is 1.35 bits per heavy atom. The first kappa shape index (κ1) is 15.8. The smallest absolute Gasteiger partial charge is 0.321 e. The first-order valence-corrected chi connectivity index (χ1v) is 6.37. The number of sulfonamides is 1. The van der Waals surface area contributed by atoms with Gasteiger partial charge in [-0.05, 0) is 6.42 Å². The predicted octanol–water partition coefficient (Wildman–Crippen LogP) is -1.13. The number of aliphatic carboxylic acids is 2. The largest absolute Gasteiger partial charge is 0.481 e. The molecule has 0 unspecified atom stereocenters. The van der Waals surface area contributed by atoms with Crippen LogP contribution in [0.3, 0.4) is 0 Å². The number of carboxylic acids is 2. The highest BCUT2D eigenvalue weighted by Gasteiger charge is 2.24. The first-order valence-electron chi connectivity index (χ1n) is 4.72. The summed E-state index contributed by atoms with van der Waals surface area (Å²) in [5.41, 5.74) is 0. The summed E-state index contributed by atoms with van der Waals surface area (Å²) in [4.78, 5) is 21.0. The minimum absolute atomic E-state index is 0.0688. The molecule has 0 fully saturated rings. The van der Waals surface area contributed by atoms with Crippen LogP contribution in [0.5, 0.6) is 0 Å². The van der Waals surface area contributed by atoms with Crippen molar-refractivity contribution < 1.29 is 33.0 Å². The van der Waals surface area contributed by atoms with E-state index < -0.39 is 34.4 Å². The van der Waals surface area contributed by atoms with Gasteiger partial charge in [0.15, 0.2) is 0 Å². The monoisotopic (exact) mass is 269 g/mol. The summed E-state index contributed by atoms with van der Waals surface area (Å²) in [5, 5.41) is 17.1. The number of carboxylic acid groups (broad SMARTS) is 2. The van der Waals surface area contributed by atoms with Crippen molar-refractivity contribution in [1.29, 1.82) is 0 Å². The highest BCUT2D eigenvalue weighted by molar-refractivity contribution is 7.89. The first-order chi connectivity index (χ1) is 7.78. The van der Waals surface area contributed by atoms with Crippen LogP contribution in [0.15, 0.2) is 0 Å². The highest BCUT2D eigenvalue weighted by Crippen LogP contribution is 2.00. The van der Waals surface area contributed by atoms with E-state index in [4.69, 9.17) is 10.2 Å². The van der Waals surface area contributed by atoms with Gasteiger partial charge in [0.25, 0.3) is 0 Å². The van der Waals surface area contributed by atoms with Crippen molar-refractivity contribution in [2.45, 2.75) is 18.9 Å². The molecule has 0 bridgehead atoms. The van der Waals surface area contributed by atoms with Gasteiger partial charge in [-0.1, -0.05) is 0 Å². The molecule has 0 aliphatic heterocycles. The molecule has 100 valence electrons. The summed E-state index contributed by atoms with van der Waals surface area (Å²) < 4.78 is 29.2. The molecular weight excluding hydrogens is 254 g/mol. The molecule has 0 radical (unpaired) electrons. The molecule has 1 atom stereocenters. The molecule has 0 aromatic heterocycles. The van der Waals surface area contributed by atoms with Crippen molar-refractivity contribution in [2.75, 3.05) is 19.5 Å². The standard InChI is InChI=1S/C8H15NO7S/c1-16-4-5-17(14,15)9-6(8(12)13)2-3-7(10)11/h6,9H,2-5H2,1H3,(H,10,11)(H,12,13)/t6-/m0/s1. The second-order valence-electron chi connectivity index (χ2n) is 3.25. The van der Waals surface area contributed by atoms with Crippen LogP contribution in [0.4, 0.5) is 0 Å². The fraction of sp³-hybridized carbons (Fsp3) is 0.750. The maximum atomic E-state index is 11.3. The summed E-state index contributed by atoms with van der Waals surface area (Å²) in [6.07, 6.45) is -0.735. The Bertz CT molecular complexity index is 364. The lowest BCUT2D eigenvalue weighted by Crippen LogP contribution is -2.42. The number of hydrogen-bond donors (Lipinski definition) is 3. The lowest BCUT2D eigenvalue weighted by Gasteiger charge is -2.13. The molecular formula is C8H15NO7S. The molecule has 0 saturated carbocycles. The van der Waals surface area contributed by atoms with Gasteiger partial charge in [0.1, 0.15) is 6.04 Å². The second-order valence-corrected chi connectivity index (χ2v) is 5.13. The third-order valence-electron chi connectivity index (χ3n) is 1.82. The summed E-state index contributed by atoms with van der Waals surface area (Å²) in [6.45, 7) is -0.0688. The molecule has 0 aliphatic rings. The van der Waals surface area contributed by atoms with Crippen LogP contribution in [0, 0.1) is 0 Å². The third kappa shape index (κ3) is 7.66. The van der Waals surface area contributed by atoms with Crippen LogP contribution in [-0.4, -0.2) is 56.1 Å². The molecule has 0 spiro atoms. The van der Waals surface area contributed by atoms with Crippen molar-refractivity contribution >= 4 is 22.0 Å². The van der Waals surface area contributed by atoms with Crippen LogP contribution in [0.25, 0.3) is 0 Å². The molecule has 0 rings (SSSR count). The van der Waals surface area contributed by atoms with E-state index in [0.29, 0.717) is 0 Å². The molecule has 3 N–H and O–H groups in total. The SMILES string of the molecule is COCCS(=O)(=O)N[C@@H](CCC(=O)O)C(=O)O. The highest BCUT2D eigenvalue weighted by atomic mass is 32.2. The normalized spacial score (nSPS) is 13.2. The summed E-state index contributed by atoms with van der Waals surface area (Å²) >= 11 is 0. The van der Waals surface area contributed by atoms with Crippen LogP contribution in [0.2, 0.25) is 0 Å². The molecule has 0 aliphatic carbocycles. The molecule has 0 amide bonds. The van der Waals surface area contributed by atoms with Gasteiger partial charge in [-0.2, -0.15) is 0 Å². The van der Waals surface area contributed by atoms with E-state index in [1.54, 1.807) is 0 Å². The number of rotatable bonds is 9. The summed E-state index contributed by atoms with van der Waals surface area (Å²) in [5.74, 6) is -2.97. The van der Waals surface area contributed by atoms with Crippen molar-refractivity contribution in [1.82, 2.24) is 4.72 Å². The quantitative estimate of drug-likeness (QED) is 0.482. The van der Waals surface area contributed by atoms with Gasteiger partial charge in [0.2, 0.25) is 10.0 Å². The fourth-order valence-corrected chi connectivity index (χ4v) is 2.13. The summed E-state index contributed by atoms with van der Waals surface area (Å²) in [7, 11) is -2.47. The van der Waals surface area contributed by atoms with E-state index in [1.165, 1.54) is 7.11 Å². The zero-order valence-corrected chi connectivity index (χ0v) is 10.1. The maximum absolute atomic E-state index is 11.3. The van der Waals surface area contributed by atoms with E-state index in [1.807, 2.05) is 4.72 Å². The van der Waals surface area contributed by atoms with Crippen molar-refractivity contribution in [3.63, 3.8) is 0 Å². The summed E-state index contributed by atoms with van der Waals surface area (Å²) in [6, 6.07) is -1.44. The van der Waals surface area contributed by atoms with Gasteiger partial charge >= 0.3 is 11.9 Å². The van der Waals surface area contributed by atoms with Crippen molar-refractivity contribution in [2.24, 2.45) is 0 Å². The number of carbonyl (C=O) groups is 2. The average molecular weight is 269 g/mol. The average Bonchev–Trinajstić information content (AvgIpc) is 2.20. The Morgan fingerprint density at radius 2 is 1.94 bits per heavy atom. The Morgan fingerprint density at radius 3 is 2.35 bits per heavy atom. The lowest BCUT2D eigenvalue weighted by molar-refractivity contribution is -0.140. The third-order valence-corrected chi connectivity index (χ3v) is 3.17. The molecule has 17 heavy (non-hydrogen) atoms. The van der Waals surface area contributed by atoms with Crippen molar-refractivity contribution in [3.05, 3.63) is 0 Å². The van der Waals surface area contributed by atoms with Crippen LogP contribution < -0.4 is 4.72 Å². The van der Waals surface area contributed by atoms with Gasteiger partial charge in [0.05, 0.1) is 12.4 Å². The van der Waals surface area contributed by atoms with E-state index in [0.717, 1.165) is 0 Å². The molecule has 0 saturated heterocycles. The lowest BCUT2D eigenvalue weighted by atomic mass is 10.2. The van der Waals surface area contributed by atoms with Gasteiger partial charge in [-0.15, -0.1) is 0 Å². The Hall–Kier alpha value is -1.19. The fourth-order valence-electron chi connectivity index (χ4n) is 0.969. The Balaban J connectivity index is 4.43. The van der Waals surface area contributed by atoms with E-state index in [-0.39, 0.29) is 18.8 Å². The van der Waals surface area contributed by atoms with Crippen LogP contribution in [-0.2, 0) is 24.3 Å². The van der Waals surface area contributed by atoms with Crippen molar-refractivity contribution in [3.8, 4) is 0 Å². The molecule has 8 nitrogen and oxygen atoms in total. The maximum Gasteiger partial charge on any atom is 0.321 e. The minimum Gasteiger partial charge on any atom is -0.481 e. The molecule has 9 heteroatoms. The van der Waals surface area contributed by atoms with E-state index in [2.05, 4.69) is 4.74 Å². The second kappa shape index (κ2) is 7.20. The number of hydrogen-bond acceptors (Lipinski definition) is 5. The molecule has 0 aromatic carbocycles. The zero-order chi connectivity index (χ0) is 13.5. The molecule has 0 aromatic rings. The zero-order valence-electron chi connectivity index (χ0n) is 9.25. The minimum atomic E-state index is -3.78. The van der Waals surface area contributed by atoms with Gasteiger partial charge in [0, 0.05) is 13.5 Å². The van der Waals surface area contributed by atoms with Crippen LogP contribution >= 0.6 is 0 Å². The van der Waals surface area contributed by atoms with Crippen LogP contribution in [0.1, 0.15) is 12.8 Å². The Kier molecular flexibility index (Phi) is 6.69. The predicted molar refractivity (Wildman–Crippen MR) is 57.1 cm³/mol. The number of methoxy groups -OCH3 is 1. The number of nitrogens with one attached hydrogen (secondary N) is 1. The van der Waals surface area contributed by atoms with E-state index in [9.17, 15) is 18.0 Å². The topological polar surface area (TPSA) is 130 Å². The van der Waals surface area contributed by atoms with Gasteiger partial charge < -0.3 is 14.9 Å². The number of ether oxygens (including phenoxy) is 1. The van der Waals surface area contributed by atoms with Gasteiger partial charge in [-0.25, -0.2) is 13.1 Å². The molecule has 0 heterocycles. The van der Waals surface area contributed by atoms with Gasteiger partial charge in [-0.3, -0.25) is 9.59 Å².